The zero-order chi connectivity index (χ0) is 21.6. The molecule has 0 radical (unpaired) electrons. The van der Waals surface area contributed by atoms with Crippen molar-refractivity contribution in [1.29, 1.82) is 0 Å². The van der Waals surface area contributed by atoms with E-state index in [-0.39, 0.29) is 29.7 Å². The fourth-order valence-corrected chi connectivity index (χ4v) is 5.40. The predicted molar refractivity (Wildman–Crippen MR) is 121 cm³/mol. The molecule has 1 aromatic rings. The Morgan fingerprint density at radius 1 is 1.03 bits per heavy atom. The number of hydrogen-bond donors (Lipinski definition) is 1. The zero-order valence-electron chi connectivity index (χ0n) is 18.8. The van der Waals surface area contributed by atoms with Gasteiger partial charge in [-0.1, -0.05) is 37.3 Å². The summed E-state index contributed by atoms with van der Waals surface area (Å²) in [7, 11) is 0. The Labute approximate surface area is 186 Å². The highest BCUT2D eigenvalue weighted by Gasteiger charge is 2.33. The second kappa shape index (κ2) is 10.6. The number of nitrogens with one attached hydrogen (secondary N) is 1. The Morgan fingerprint density at radius 2 is 1.74 bits per heavy atom. The Kier molecular flexibility index (Phi) is 7.62. The fourth-order valence-electron chi connectivity index (χ4n) is 5.40. The summed E-state index contributed by atoms with van der Waals surface area (Å²) in [6.45, 7) is 7.17. The van der Waals surface area contributed by atoms with Crippen molar-refractivity contribution in [2.45, 2.75) is 63.5 Å². The number of piperidine rings is 2. The quantitative estimate of drug-likeness (QED) is 0.758. The molecule has 3 aliphatic rings. The monoisotopic (exact) mass is 427 g/mol. The van der Waals surface area contributed by atoms with Gasteiger partial charge in [-0.25, -0.2) is 0 Å². The van der Waals surface area contributed by atoms with E-state index in [4.69, 9.17) is 4.74 Å². The summed E-state index contributed by atoms with van der Waals surface area (Å²) < 4.78 is 5.36. The maximum atomic E-state index is 13.1. The number of benzene rings is 1. The van der Waals surface area contributed by atoms with Crippen LogP contribution in [0.4, 0.5) is 0 Å². The maximum absolute atomic E-state index is 13.1. The van der Waals surface area contributed by atoms with Gasteiger partial charge >= 0.3 is 0 Å². The minimum atomic E-state index is -0.0303. The summed E-state index contributed by atoms with van der Waals surface area (Å²) in [5.74, 6) is 0.590. The molecule has 3 aliphatic heterocycles. The van der Waals surface area contributed by atoms with E-state index in [0.29, 0.717) is 12.6 Å². The predicted octanol–water partition coefficient (Wildman–Crippen LogP) is 2.79. The number of hydrogen-bond acceptors (Lipinski definition) is 4. The molecule has 0 aromatic heterocycles. The van der Waals surface area contributed by atoms with Gasteiger partial charge in [0.1, 0.15) is 0 Å². The molecule has 4 rings (SSSR count). The van der Waals surface area contributed by atoms with Crippen molar-refractivity contribution in [2.75, 3.05) is 39.4 Å². The van der Waals surface area contributed by atoms with Gasteiger partial charge in [0.05, 0.1) is 18.6 Å². The number of carbonyl (C=O) groups excluding carboxylic acids is 2. The molecule has 0 saturated carbocycles. The molecule has 1 N–H and O–H groups in total. The summed E-state index contributed by atoms with van der Waals surface area (Å²) in [4.78, 5) is 30.3. The molecule has 1 unspecified atom stereocenters. The van der Waals surface area contributed by atoms with Gasteiger partial charge in [-0.15, -0.1) is 0 Å². The highest BCUT2D eigenvalue weighted by Crippen LogP contribution is 2.27. The largest absolute Gasteiger partial charge is 0.379 e. The number of ether oxygens (including phenoxy) is 1. The number of likely N-dealkylation sites (tertiary alicyclic amines) is 2. The average Bonchev–Trinajstić information content (AvgIpc) is 3.33. The van der Waals surface area contributed by atoms with Gasteiger partial charge in [0.2, 0.25) is 11.8 Å². The highest BCUT2D eigenvalue weighted by atomic mass is 16.5. The van der Waals surface area contributed by atoms with Crippen LogP contribution in [0.25, 0.3) is 0 Å². The molecule has 31 heavy (non-hydrogen) atoms. The van der Waals surface area contributed by atoms with Crippen molar-refractivity contribution in [3.63, 3.8) is 0 Å². The van der Waals surface area contributed by atoms with E-state index in [2.05, 4.69) is 34.2 Å². The molecule has 0 aliphatic carbocycles. The van der Waals surface area contributed by atoms with Crippen LogP contribution >= 0.6 is 0 Å². The summed E-state index contributed by atoms with van der Waals surface area (Å²) in [5, 5.41) is 3.16. The van der Waals surface area contributed by atoms with Gasteiger partial charge in [-0.05, 0) is 57.2 Å². The third-order valence-corrected chi connectivity index (χ3v) is 7.38. The van der Waals surface area contributed by atoms with Crippen molar-refractivity contribution in [2.24, 2.45) is 5.92 Å². The second-order valence-corrected chi connectivity index (χ2v) is 9.31. The van der Waals surface area contributed by atoms with Crippen LogP contribution in [-0.4, -0.2) is 73.1 Å². The average molecular weight is 428 g/mol. The first-order valence-corrected chi connectivity index (χ1v) is 12.1. The van der Waals surface area contributed by atoms with Crippen molar-refractivity contribution < 1.29 is 14.3 Å². The van der Waals surface area contributed by atoms with Gasteiger partial charge in [0.25, 0.3) is 0 Å². The number of rotatable bonds is 6. The van der Waals surface area contributed by atoms with Crippen molar-refractivity contribution in [3.05, 3.63) is 35.9 Å². The lowest BCUT2D eigenvalue weighted by Crippen LogP contribution is -2.51. The first-order valence-electron chi connectivity index (χ1n) is 12.1. The molecule has 0 spiro atoms. The molecule has 3 heterocycles. The van der Waals surface area contributed by atoms with E-state index in [1.165, 1.54) is 0 Å². The van der Waals surface area contributed by atoms with Crippen LogP contribution in [0, 0.1) is 5.92 Å². The molecular weight excluding hydrogens is 390 g/mol. The van der Waals surface area contributed by atoms with Gasteiger partial charge in [0, 0.05) is 31.7 Å². The van der Waals surface area contributed by atoms with E-state index in [1.54, 1.807) is 0 Å². The number of carbonyl (C=O) groups is 2. The minimum Gasteiger partial charge on any atom is -0.379 e. The minimum absolute atomic E-state index is 0.0303. The fraction of sp³-hybridized carbons (Fsp3) is 0.680. The normalized spacial score (nSPS) is 24.8. The molecule has 170 valence electrons. The maximum Gasteiger partial charge on any atom is 0.230 e. The molecule has 2 amide bonds. The summed E-state index contributed by atoms with van der Waals surface area (Å²) >= 11 is 0. The van der Waals surface area contributed by atoms with E-state index in [1.807, 2.05) is 18.2 Å². The molecule has 6 heteroatoms. The second-order valence-electron chi connectivity index (χ2n) is 9.31. The van der Waals surface area contributed by atoms with Gasteiger partial charge in [-0.2, -0.15) is 0 Å². The molecule has 3 fully saturated rings. The van der Waals surface area contributed by atoms with E-state index < -0.39 is 0 Å². The third-order valence-electron chi connectivity index (χ3n) is 7.38. The number of nitrogens with zero attached hydrogens (tertiary/aromatic N) is 2. The summed E-state index contributed by atoms with van der Waals surface area (Å²) in [6, 6.07) is 10.9. The summed E-state index contributed by atoms with van der Waals surface area (Å²) in [6.07, 6.45) is 5.71. The van der Waals surface area contributed by atoms with Crippen molar-refractivity contribution >= 4 is 11.8 Å². The smallest absolute Gasteiger partial charge is 0.230 e. The van der Waals surface area contributed by atoms with E-state index >= 15 is 0 Å². The van der Waals surface area contributed by atoms with Gasteiger partial charge in [-0.3, -0.25) is 9.59 Å². The first-order chi connectivity index (χ1) is 15.2. The van der Waals surface area contributed by atoms with Gasteiger partial charge in [0.15, 0.2) is 0 Å². The van der Waals surface area contributed by atoms with Gasteiger partial charge < -0.3 is 19.9 Å². The molecule has 3 saturated heterocycles. The lowest BCUT2D eigenvalue weighted by atomic mass is 9.91. The Hall–Kier alpha value is -1.92. The molecule has 0 bridgehead atoms. The van der Waals surface area contributed by atoms with Crippen LogP contribution in [0.1, 0.15) is 56.9 Å². The molecule has 6 nitrogen and oxygen atoms in total. The van der Waals surface area contributed by atoms with Crippen LogP contribution < -0.4 is 5.32 Å². The summed E-state index contributed by atoms with van der Waals surface area (Å²) in [5.41, 5.74) is 1.13. The Morgan fingerprint density at radius 3 is 2.35 bits per heavy atom. The molecule has 2 atom stereocenters. The standard InChI is InChI=1S/C25H37N3O3/c1-2-23(19-6-4-3-5-7-19)25(30)28-15-10-22(11-16-28)27-13-8-20(9-14-27)24(29)26-21-12-17-31-18-21/h3-7,20-23H,2,8-18H2,1H3,(H,26,29)/t21-,23?/m1/s1. The number of amides is 2. The van der Waals surface area contributed by atoms with Crippen LogP contribution in [0.2, 0.25) is 0 Å². The Balaban J connectivity index is 1.22. The van der Waals surface area contributed by atoms with E-state index in [0.717, 1.165) is 76.9 Å². The zero-order valence-corrected chi connectivity index (χ0v) is 18.8. The molecular formula is C25H37N3O3. The van der Waals surface area contributed by atoms with Crippen molar-refractivity contribution in [3.8, 4) is 0 Å². The highest BCUT2D eigenvalue weighted by molar-refractivity contribution is 5.83. The molecule has 1 aromatic carbocycles. The first kappa shape index (κ1) is 22.3. The van der Waals surface area contributed by atoms with Crippen LogP contribution in [0.5, 0.6) is 0 Å². The van der Waals surface area contributed by atoms with Crippen molar-refractivity contribution in [1.82, 2.24) is 15.1 Å². The van der Waals surface area contributed by atoms with E-state index in [9.17, 15) is 9.59 Å². The third kappa shape index (κ3) is 5.47. The van der Waals surface area contributed by atoms with Crippen LogP contribution in [0.15, 0.2) is 30.3 Å². The Bertz CT molecular complexity index is 719. The van der Waals surface area contributed by atoms with Crippen LogP contribution in [-0.2, 0) is 14.3 Å². The lowest BCUT2D eigenvalue weighted by Gasteiger charge is -2.42. The lowest BCUT2D eigenvalue weighted by molar-refractivity contribution is -0.135. The SMILES string of the molecule is CCC(C(=O)N1CCC(N2CCC(C(=O)N[C@@H]3CCOC3)CC2)CC1)c1ccccc1. The topological polar surface area (TPSA) is 61.9 Å². The van der Waals surface area contributed by atoms with Crippen LogP contribution in [0.3, 0.4) is 0 Å².